The average molecular weight is 477 g/mol. The molecule has 1 saturated heterocycles. The quantitative estimate of drug-likeness (QED) is 0.567. The molecule has 0 unspecified atom stereocenters. The minimum Gasteiger partial charge on any atom is -0.351 e. The van der Waals surface area contributed by atoms with E-state index in [0.29, 0.717) is 35.9 Å². The molecule has 1 aliphatic heterocycles. The van der Waals surface area contributed by atoms with Crippen molar-refractivity contribution >= 4 is 55.3 Å². The maximum atomic E-state index is 12.7. The third-order valence-electron chi connectivity index (χ3n) is 4.65. The highest BCUT2D eigenvalue weighted by atomic mass is 32.2. The molecule has 1 fully saturated rings. The number of nitrogens with one attached hydrogen (secondary N) is 2. The largest absolute Gasteiger partial charge is 0.351 e. The van der Waals surface area contributed by atoms with Crippen LogP contribution in [0.4, 0.5) is 10.8 Å². The summed E-state index contributed by atoms with van der Waals surface area (Å²) in [6.07, 6.45) is 0.579. The van der Waals surface area contributed by atoms with Gasteiger partial charge in [0.1, 0.15) is 0 Å². The fourth-order valence-corrected chi connectivity index (χ4v) is 6.41. The van der Waals surface area contributed by atoms with Gasteiger partial charge in [-0.1, -0.05) is 6.07 Å². The number of carbonyl (C=O) groups is 2. The van der Waals surface area contributed by atoms with E-state index >= 15 is 0 Å². The number of carbonyl (C=O) groups excluding carboxylic acids is 2. The first-order valence-corrected chi connectivity index (χ1v) is 12.8. The summed E-state index contributed by atoms with van der Waals surface area (Å²) in [5, 5.41) is 7.86. The molecule has 0 radical (unpaired) electrons. The van der Waals surface area contributed by atoms with E-state index in [1.807, 2.05) is 17.5 Å². The summed E-state index contributed by atoms with van der Waals surface area (Å²) < 4.78 is 25.6. The van der Waals surface area contributed by atoms with E-state index in [1.54, 1.807) is 24.3 Å². The zero-order valence-electron chi connectivity index (χ0n) is 16.6. The van der Waals surface area contributed by atoms with E-state index in [0.717, 1.165) is 15.4 Å². The van der Waals surface area contributed by atoms with Gasteiger partial charge in [0.15, 0.2) is 5.13 Å². The number of benzene rings is 1. The Morgan fingerprint density at radius 2 is 2.06 bits per heavy atom. The minimum atomic E-state index is -3.31. The van der Waals surface area contributed by atoms with Crippen molar-refractivity contribution in [2.45, 2.75) is 19.9 Å². The molecule has 2 N–H and O–H groups in total. The maximum absolute atomic E-state index is 12.7. The summed E-state index contributed by atoms with van der Waals surface area (Å²) in [5.74, 6) is -0.308. The second-order valence-electron chi connectivity index (χ2n) is 6.96. The molecule has 2 aromatic heterocycles. The van der Waals surface area contributed by atoms with Crippen LogP contribution in [0.1, 0.15) is 28.6 Å². The van der Waals surface area contributed by atoms with Crippen molar-refractivity contribution in [3.05, 3.63) is 52.2 Å². The van der Waals surface area contributed by atoms with Gasteiger partial charge >= 0.3 is 0 Å². The molecule has 11 heteroatoms. The average Bonchev–Trinajstić information content (AvgIpc) is 3.46. The van der Waals surface area contributed by atoms with Crippen molar-refractivity contribution < 1.29 is 18.0 Å². The van der Waals surface area contributed by atoms with Crippen LogP contribution < -0.4 is 14.9 Å². The van der Waals surface area contributed by atoms with Crippen molar-refractivity contribution in [2.24, 2.45) is 0 Å². The normalized spacial score (nSPS) is 15.1. The van der Waals surface area contributed by atoms with Gasteiger partial charge in [0.05, 0.1) is 28.6 Å². The second-order valence-corrected chi connectivity index (χ2v) is 11.0. The first-order chi connectivity index (χ1) is 14.8. The monoisotopic (exact) mass is 476 g/mol. The van der Waals surface area contributed by atoms with Crippen LogP contribution in [-0.4, -0.2) is 37.5 Å². The highest BCUT2D eigenvalue weighted by molar-refractivity contribution is 7.93. The lowest BCUT2D eigenvalue weighted by molar-refractivity contribution is -0.119. The third kappa shape index (κ3) is 4.94. The van der Waals surface area contributed by atoms with E-state index in [4.69, 9.17) is 0 Å². The van der Waals surface area contributed by atoms with Crippen molar-refractivity contribution in [1.29, 1.82) is 0 Å². The molecule has 0 atom stereocenters. The number of hydrogen-bond donors (Lipinski definition) is 2. The van der Waals surface area contributed by atoms with Crippen LogP contribution in [0, 0.1) is 0 Å². The molecule has 8 nitrogen and oxygen atoms in total. The van der Waals surface area contributed by atoms with Crippen molar-refractivity contribution in [3.63, 3.8) is 0 Å². The summed E-state index contributed by atoms with van der Waals surface area (Å²) in [4.78, 5) is 30.2. The molecule has 1 aromatic carbocycles. The van der Waals surface area contributed by atoms with E-state index in [-0.39, 0.29) is 17.6 Å². The summed E-state index contributed by atoms with van der Waals surface area (Å²) in [6, 6.07) is 10.5. The van der Waals surface area contributed by atoms with Crippen LogP contribution in [0.15, 0.2) is 41.8 Å². The molecule has 0 aliphatic carbocycles. The van der Waals surface area contributed by atoms with Crippen LogP contribution in [-0.2, 0) is 21.4 Å². The van der Waals surface area contributed by atoms with Gasteiger partial charge in [-0.15, -0.1) is 22.7 Å². The molecule has 162 valence electrons. The topological polar surface area (TPSA) is 108 Å². The minimum absolute atomic E-state index is 0.0833. The molecule has 4 rings (SSSR count). The zero-order valence-corrected chi connectivity index (χ0v) is 19.1. The predicted octanol–water partition coefficient (Wildman–Crippen LogP) is 3.30. The van der Waals surface area contributed by atoms with Gasteiger partial charge in [0.25, 0.3) is 5.91 Å². The molecule has 3 aromatic rings. The fourth-order valence-electron chi connectivity index (χ4n) is 3.17. The fraction of sp³-hybridized carbons (Fsp3) is 0.250. The van der Waals surface area contributed by atoms with Gasteiger partial charge in [-0.05, 0) is 36.8 Å². The van der Waals surface area contributed by atoms with Gasteiger partial charge in [0.2, 0.25) is 15.9 Å². The molecule has 0 spiro atoms. The number of rotatable bonds is 6. The Morgan fingerprint density at radius 1 is 1.23 bits per heavy atom. The molecular formula is C20H20N4O4S3. The highest BCUT2D eigenvalue weighted by Gasteiger charge is 2.28. The number of thiophene rings is 1. The summed E-state index contributed by atoms with van der Waals surface area (Å²) in [7, 11) is -3.31. The van der Waals surface area contributed by atoms with E-state index in [9.17, 15) is 18.0 Å². The summed E-state index contributed by atoms with van der Waals surface area (Å²) in [6.45, 7) is 2.37. The van der Waals surface area contributed by atoms with E-state index in [2.05, 4.69) is 15.6 Å². The molecule has 31 heavy (non-hydrogen) atoms. The number of nitrogens with zero attached hydrogens (tertiary/aromatic N) is 2. The lowest BCUT2D eigenvalue weighted by atomic mass is 10.2. The van der Waals surface area contributed by atoms with E-state index in [1.165, 1.54) is 33.9 Å². The number of anilines is 2. The Hall–Kier alpha value is -2.76. The molecular weight excluding hydrogens is 456 g/mol. The first-order valence-electron chi connectivity index (χ1n) is 9.53. The standard InChI is InChI=1S/C20H20N4O4S3/c1-13(25)21-11-16-6-7-18(30-16)17-12-29-20(22-17)23-19(26)14-4-2-5-15(10-14)24-8-3-9-31(24,27)28/h2,4-7,10,12H,3,8-9,11H2,1H3,(H,21,25)(H,22,23,26). The molecule has 0 bridgehead atoms. The predicted molar refractivity (Wildman–Crippen MR) is 123 cm³/mol. The lowest BCUT2D eigenvalue weighted by Gasteiger charge is -2.17. The molecule has 3 heterocycles. The Kier molecular flexibility index (Phi) is 6.08. The summed E-state index contributed by atoms with van der Waals surface area (Å²) >= 11 is 2.84. The summed E-state index contributed by atoms with van der Waals surface area (Å²) in [5.41, 5.74) is 1.61. The van der Waals surface area contributed by atoms with Gasteiger partial charge in [-0.2, -0.15) is 0 Å². The van der Waals surface area contributed by atoms with Gasteiger partial charge in [0, 0.05) is 29.3 Å². The lowest BCUT2D eigenvalue weighted by Crippen LogP contribution is -2.25. The SMILES string of the molecule is CC(=O)NCc1ccc(-c2csc(NC(=O)c3cccc(N4CCCS4(=O)=O)c3)n2)s1. The van der Waals surface area contributed by atoms with Gasteiger partial charge in [-0.25, -0.2) is 13.4 Å². The number of sulfonamides is 1. The van der Waals surface area contributed by atoms with E-state index < -0.39 is 10.0 Å². The Labute approximate surface area is 188 Å². The molecule has 1 aliphatic rings. The number of thiazole rings is 1. The Bertz CT molecular complexity index is 1230. The van der Waals surface area contributed by atoms with Crippen LogP contribution in [0.3, 0.4) is 0 Å². The third-order valence-corrected chi connectivity index (χ3v) is 8.38. The van der Waals surface area contributed by atoms with Crippen molar-refractivity contribution in [3.8, 4) is 10.6 Å². The van der Waals surface area contributed by atoms with Crippen molar-refractivity contribution in [1.82, 2.24) is 10.3 Å². The Balaban J connectivity index is 1.45. The van der Waals surface area contributed by atoms with Crippen LogP contribution >= 0.6 is 22.7 Å². The number of amides is 2. The van der Waals surface area contributed by atoms with Gasteiger partial charge < -0.3 is 5.32 Å². The highest BCUT2D eigenvalue weighted by Crippen LogP contribution is 2.31. The van der Waals surface area contributed by atoms with Crippen molar-refractivity contribution in [2.75, 3.05) is 21.9 Å². The van der Waals surface area contributed by atoms with Crippen LogP contribution in [0.5, 0.6) is 0 Å². The molecule has 0 saturated carbocycles. The smallest absolute Gasteiger partial charge is 0.257 e. The number of aromatic nitrogens is 1. The second kappa shape index (κ2) is 8.77. The van der Waals surface area contributed by atoms with Crippen LogP contribution in [0.25, 0.3) is 10.6 Å². The molecule has 2 amide bonds. The maximum Gasteiger partial charge on any atom is 0.257 e. The first kappa shape index (κ1) is 21.5. The van der Waals surface area contributed by atoms with Crippen LogP contribution in [0.2, 0.25) is 0 Å². The Morgan fingerprint density at radius 3 is 2.81 bits per heavy atom. The zero-order chi connectivity index (χ0) is 22.0. The van der Waals surface area contributed by atoms with Gasteiger partial charge in [-0.3, -0.25) is 19.2 Å². The number of hydrogen-bond acceptors (Lipinski definition) is 7.